The number of alkyl halides is 3. The third-order valence-electron chi connectivity index (χ3n) is 3.85. The van der Waals surface area contributed by atoms with Crippen molar-refractivity contribution < 1.29 is 13.2 Å². The Bertz CT molecular complexity index is 528. The topological polar surface area (TPSA) is 53.1 Å². The average Bonchev–Trinajstić information content (AvgIpc) is 2.42. The zero-order chi connectivity index (χ0) is 16.2. The number of likely N-dealkylation sites (tertiary alicyclic amines) is 1. The predicted octanol–water partition coefficient (Wildman–Crippen LogP) is 3.51. The van der Waals surface area contributed by atoms with Crippen molar-refractivity contribution in [3.05, 3.63) is 29.8 Å². The maximum absolute atomic E-state index is 12.3. The van der Waals surface area contributed by atoms with Gasteiger partial charge in [-0.2, -0.15) is 18.4 Å². The molecule has 2 rings (SSSR count). The molecule has 0 radical (unpaired) electrons. The van der Waals surface area contributed by atoms with E-state index in [1.807, 2.05) is 0 Å². The lowest BCUT2D eigenvalue weighted by molar-refractivity contribution is -0.0328. The van der Waals surface area contributed by atoms with Crippen LogP contribution in [0.15, 0.2) is 29.2 Å². The third kappa shape index (κ3) is 5.20. The minimum atomic E-state index is -4.25. The lowest BCUT2D eigenvalue weighted by Crippen LogP contribution is -2.49. The van der Waals surface area contributed by atoms with Gasteiger partial charge >= 0.3 is 5.51 Å². The molecule has 1 aromatic rings. The van der Waals surface area contributed by atoms with Crippen molar-refractivity contribution in [3.8, 4) is 6.07 Å². The van der Waals surface area contributed by atoms with Crippen LogP contribution in [0.3, 0.4) is 0 Å². The number of hydrogen-bond donors (Lipinski definition) is 1. The SMILES string of the molecule is N#CCC1(N)CCN(Cc2ccc(SC(F)(F)F)cc2)CC1. The van der Waals surface area contributed by atoms with E-state index in [0.717, 1.165) is 31.5 Å². The molecule has 120 valence electrons. The molecule has 2 N–H and O–H groups in total. The quantitative estimate of drug-likeness (QED) is 0.859. The molecule has 0 aromatic heterocycles. The first-order valence-corrected chi connectivity index (χ1v) is 7.84. The van der Waals surface area contributed by atoms with Gasteiger partial charge in [-0.3, -0.25) is 4.90 Å². The summed E-state index contributed by atoms with van der Waals surface area (Å²) in [6.07, 6.45) is 1.90. The standard InChI is InChI=1S/C15H18F3N3S/c16-15(17,18)22-13-3-1-12(2-4-13)11-21-9-6-14(20,5-8-19)7-10-21/h1-4H,5-7,9-11,20H2. The highest BCUT2D eigenvalue weighted by Gasteiger charge is 2.31. The first-order chi connectivity index (χ1) is 10.3. The number of rotatable bonds is 4. The van der Waals surface area contributed by atoms with Crippen molar-refractivity contribution >= 4 is 11.8 Å². The van der Waals surface area contributed by atoms with Crippen LogP contribution in [0.1, 0.15) is 24.8 Å². The van der Waals surface area contributed by atoms with E-state index in [1.165, 1.54) is 12.1 Å². The maximum atomic E-state index is 12.3. The Morgan fingerprint density at radius 2 is 1.82 bits per heavy atom. The maximum Gasteiger partial charge on any atom is 0.446 e. The molecule has 1 aliphatic heterocycles. The number of nitrogens with zero attached hydrogens (tertiary/aromatic N) is 2. The highest BCUT2D eigenvalue weighted by atomic mass is 32.2. The normalized spacial score (nSPS) is 18.9. The second-order valence-corrected chi connectivity index (χ2v) is 6.80. The molecule has 3 nitrogen and oxygen atoms in total. The third-order valence-corrected chi connectivity index (χ3v) is 4.59. The van der Waals surface area contributed by atoms with Crippen LogP contribution in [0, 0.1) is 11.3 Å². The lowest BCUT2D eigenvalue weighted by Gasteiger charge is -2.37. The van der Waals surface area contributed by atoms with Gasteiger partial charge in [0.25, 0.3) is 0 Å². The fraction of sp³-hybridized carbons (Fsp3) is 0.533. The van der Waals surface area contributed by atoms with Crippen LogP contribution in [-0.2, 0) is 6.54 Å². The molecule has 1 saturated heterocycles. The van der Waals surface area contributed by atoms with Gasteiger partial charge in [0, 0.05) is 30.1 Å². The number of halogens is 3. The molecule has 1 aromatic carbocycles. The van der Waals surface area contributed by atoms with Crippen molar-refractivity contribution in [1.29, 1.82) is 5.26 Å². The Balaban J connectivity index is 1.86. The molecule has 0 saturated carbocycles. The average molecular weight is 329 g/mol. The Morgan fingerprint density at radius 1 is 1.23 bits per heavy atom. The molecule has 0 spiro atoms. The molecule has 0 aliphatic carbocycles. The molecule has 7 heteroatoms. The lowest BCUT2D eigenvalue weighted by atomic mass is 9.86. The molecule has 1 aliphatic rings. The van der Waals surface area contributed by atoms with Gasteiger partial charge in [-0.25, -0.2) is 0 Å². The van der Waals surface area contributed by atoms with Crippen LogP contribution in [-0.4, -0.2) is 29.0 Å². The number of nitriles is 1. The van der Waals surface area contributed by atoms with Crippen LogP contribution in [0.2, 0.25) is 0 Å². The van der Waals surface area contributed by atoms with Gasteiger partial charge < -0.3 is 5.73 Å². The minimum Gasteiger partial charge on any atom is -0.324 e. The van der Waals surface area contributed by atoms with Crippen molar-refractivity contribution in [2.24, 2.45) is 5.73 Å². The van der Waals surface area contributed by atoms with Crippen molar-refractivity contribution in [3.63, 3.8) is 0 Å². The molecular weight excluding hydrogens is 311 g/mol. The van der Waals surface area contributed by atoms with Gasteiger partial charge in [0.05, 0.1) is 12.5 Å². The summed E-state index contributed by atoms with van der Waals surface area (Å²) in [7, 11) is 0. The van der Waals surface area contributed by atoms with Gasteiger partial charge in [0.2, 0.25) is 0 Å². The highest BCUT2D eigenvalue weighted by Crippen LogP contribution is 2.36. The Morgan fingerprint density at radius 3 is 2.32 bits per heavy atom. The Labute approximate surface area is 132 Å². The van der Waals surface area contributed by atoms with E-state index in [1.54, 1.807) is 12.1 Å². The fourth-order valence-corrected chi connectivity index (χ4v) is 3.08. The Kier molecular flexibility index (Phi) is 5.37. The molecule has 1 heterocycles. The summed E-state index contributed by atoms with van der Waals surface area (Å²) in [4.78, 5) is 2.42. The molecule has 0 unspecified atom stereocenters. The van der Waals surface area contributed by atoms with E-state index in [4.69, 9.17) is 11.0 Å². The second kappa shape index (κ2) is 6.90. The van der Waals surface area contributed by atoms with E-state index in [-0.39, 0.29) is 16.7 Å². The first kappa shape index (κ1) is 17.1. The van der Waals surface area contributed by atoms with Gasteiger partial charge in [-0.05, 0) is 42.3 Å². The molecule has 0 bridgehead atoms. The predicted molar refractivity (Wildman–Crippen MR) is 80.0 cm³/mol. The van der Waals surface area contributed by atoms with E-state index >= 15 is 0 Å². The Hall–Kier alpha value is -1.23. The van der Waals surface area contributed by atoms with Crippen LogP contribution in [0.25, 0.3) is 0 Å². The van der Waals surface area contributed by atoms with Crippen LogP contribution in [0.5, 0.6) is 0 Å². The molecule has 0 atom stereocenters. The second-order valence-electron chi connectivity index (χ2n) is 5.67. The van der Waals surface area contributed by atoms with Gasteiger partial charge in [0.1, 0.15) is 0 Å². The summed E-state index contributed by atoms with van der Waals surface area (Å²) in [6, 6.07) is 8.59. The van der Waals surface area contributed by atoms with Gasteiger partial charge in [0.15, 0.2) is 0 Å². The van der Waals surface area contributed by atoms with Crippen molar-refractivity contribution in [1.82, 2.24) is 4.90 Å². The number of benzene rings is 1. The summed E-state index contributed by atoms with van der Waals surface area (Å²) in [5, 5.41) is 8.77. The molecule has 22 heavy (non-hydrogen) atoms. The number of nitrogens with two attached hydrogens (primary N) is 1. The monoisotopic (exact) mass is 329 g/mol. The number of thioether (sulfide) groups is 1. The summed E-state index contributed by atoms with van der Waals surface area (Å²) >= 11 is -0.100. The van der Waals surface area contributed by atoms with Crippen molar-refractivity contribution in [2.45, 2.75) is 41.7 Å². The largest absolute Gasteiger partial charge is 0.446 e. The van der Waals surface area contributed by atoms with Crippen LogP contribution in [0.4, 0.5) is 13.2 Å². The van der Waals surface area contributed by atoms with E-state index < -0.39 is 11.0 Å². The van der Waals surface area contributed by atoms with E-state index in [2.05, 4.69) is 11.0 Å². The fourth-order valence-electron chi connectivity index (χ4n) is 2.55. The number of piperidine rings is 1. The molecule has 0 amide bonds. The van der Waals surface area contributed by atoms with Crippen molar-refractivity contribution in [2.75, 3.05) is 13.1 Å². The zero-order valence-electron chi connectivity index (χ0n) is 12.1. The van der Waals surface area contributed by atoms with Gasteiger partial charge in [-0.15, -0.1) is 0 Å². The summed E-state index contributed by atoms with van der Waals surface area (Å²) < 4.78 is 36.8. The van der Waals surface area contributed by atoms with Crippen LogP contribution < -0.4 is 5.73 Å². The number of hydrogen-bond acceptors (Lipinski definition) is 4. The highest BCUT2D eigenvalue weighted by molar-refractivity contribution is 8.00. The van der Waals surface area contributed by atoms with E-state index in [9.17, 15) is 13.2 Å². The zero-order valence-corrected chi connectivity index (χ0v) is 12.9. The summed E-state index contributed by atoms with van der Waals surface area (Å²) in [5.41, 5.74) is 2.49. The first-order valence-electron chi connectivity index (χ1n) is 7.03. The van der Waals surface area contributed by atoms with Gasteiger partial charge in [-0.1, -0.05) is 12.1 Å². The molecular formula is C15H18F3N3S. The van der Waals surface area contributed by atoms with Crippen LogP contribution >= 0.6 is 11.8 Å². The summed E-state index contributed by atoms with van der Waals surface area (Å²) in [5.74, 6) is 0. The molecule has 1 fully saturated rings. The summed E-state index contributed by atoms with van der Waals surface area (Å²) in [6.45, 7) is 2.30. The minimum absolute atomic E-state index is 0.100. The van der Waals surface area contributed by atoms with E-state index in [0.29, 0.717) is 13.0 Å². The smallest absolute Gasteiger partial charge is 0.324 e.